The van der Waals surface area contributed by atoms with Crippen molar-refractivity contribution in [3.8, 4) is 16.9 Å². The molecule has 188 valence electrons. The van der Waals surface area contributed by atoms with Crippen LogP contribution in [0.5, 0.6) is 5.75 Å². The highest BCUT2D eigenvalue weighted by molar-refractivity contribution is 5.84. The third kappa shape index (κ3) is 6.32. The van der Waals surface area contributed by atoms with Gasteiger partial charge in [-0.1, -0.05) is 48.5 Å². The first kappa shape index (κ1) is 25.0. The van der Waals surface area contributed by atoms with E-state index in [0.29, 0.717) is 37.5 Å². The smallest absolute Gasteiger partial charge is 0.417 e. The zero-order chi connectivity index (χ0) is 25.5. The molecular weight excluding hydrogens is 473 g/mol. The fraction of sp³-hybridized carbons (Fsp3) is 0.269. The number of ether oxygens (including phenoxy) is 1. The van der Waals surface area contributed by atoms with Crippen molar-refractivity contribution in [2.24, 2.45) is 5.92 Å². The molecule has 1 aliphatic rings. The Morgan fingerprint density at radius 3 is 2.31 bits per heavy atom. The van der Waals surface area contributed by atoms with Crippen molar-refractivity contribution in [2.45, 2.75) is 19.0 Å². The molecule has 0 atom stereocenters. The molecule has 2 heterocycles. The van der Waals surface area contributed by atoms with E-state index in [9.17, 15) is 22.8 Å². The fourth-order valence-corrected chi connectivity index (χ4v) is 3.97. The Bertz CT molecular complexity index is 1180. The Morgan fingerprint density at radius 2 is 1.64 bits per heavy atom. The SMILES string of the molecule is O=C(COc1ccccc1-c1ccccc1)NNC(=O)C1CCN(c2ccc(C(F)(F)F)cn2)CC1. The molecule has 0 radical (unpaired) electrons. The van der Waals surface area contributed by atoms with Gasteiger partial charge in [-0.25, -0.2) is 4.98 Å². The van der Waals surface area contributed by atoms with Crippen molar-refractivity contribution in [3.63, 3.8) is 0 Å². The second-order valence-corrected chi connectivity index (χ2v) is 8.35. The molecule has 0 unspecified atom stereocenters. The second-order valence-electron chi connectivity index (χ2n) is 8.35. The topological polar surface area (TPSA) is 83.6 Å². The summed E-state index contributed by atoms with van der Waals surface area (Å²) >= 11 is 0. The molecule has 1 aromatic heterocycles. The van der Waals surface area contributed by atoms with Gasteiger partial charge in [-0.2, -0.15) is 13.2 Å². The van der Waals surface area contributed by atoms with E-state index in [-0.39, 0.29) is 18.4 Å². The van der Waals surface area contributed by atoms with Gasteiger partial charge in [-0.15, -0.1) is 0 Å². The van der Waals surface area contributed by atoms with Gasteiger partial charge in [0.1, 0.15) is 11.6 Å². The maximum atomic E-state index is 12.7. The number of rotatable bonds is 6. The van der Waals surface area contributed by atoms with Gasteiger partial charge in [-0.3, -0.25) is 20.4 Å². The van der Waals surface area contributed by atoms with E-state index in [4.69, 9.17) is 4.74 Å². The molecule has 0 aliphatic carbocycles. The Hall–Kier alpha value is -4.08. The molecule has 3 aromatic rings. The Morgan fingerprint density at radius 1 is 0.944 bits per heavy atom. The van der Waals surface area contributed by atoms with E-state index in [2.05, 4.69) is 15.8 Å². The van der Waals surface area contributed by atoms with Crippen LogP contribution < -0.4 is 20.5 Å². The molecular formula is C26H25F3N4O3. The number of alkyl halides is 3. The minimum atomic E-state index is -4.43. The van der Waals surface area contributed by atoms with E-state index < -0.39 is 17.6 Å². The van der Waals surface area contributed by atoms with Crippen LogP contribution in [-0.2, 0) is 15.8 Å². The minimum absolute atomic E-state index is 0.276. The van der Waals surface area contributed by atoms with Crippen LogP contribution in [0, 0.1) is 5.92 Å². The average Bonchev–Trinajstić information content (AvgIpc) is 2.91. The molecule has 36 heavy (non-hydrogen) atoms. The van der Waals surface area contributed by atoms with Gasteiger partial charge in [0.15, 0.2) is 6.61 Å². The van der Waals surface area contributed by atoms with Gasteiger partial charge in [0, 0.05) is 30.8 Å². The van der Waals surface area contributed by atoms with Crippen LogP contribution in [0.3, 0.4) is 0 Å². The van der Waals surface area contributed by atoms with Crippen LogP contribution in [0.4, 0.5) is 19.0 Å². The van der Waals surface area contributed by atoms with Crippen molar-refractivity contribution in [1.29, 1.82) is 0 Å². The molecule has 1 fully saturated rings. The van der Waals surface area contributed by atoms with Crippen LogP contribution in [0.1, 0.15) is 18.4 Å². The third-order valence-electron chi connectivity index (χ3n) is 5.92. The molecule has 0 bridgehead atoms. The van der Waals surface area contributed by atoms with Gasteiger partial charge in [-0.05, 0) is 36.6 Å². The lowest BCUT2D eigenvalue weighted by Crippen LogP contribution is -2.48. The Kier molecular flexibility index (Phi) is 7.72. The lowest BCUT2D eigenvalue weighted by molar-refractivity contribution is -0.137. The number of hydrogen-bond donors (Lipinski definition) is 2. The maximum absolute atomic E-state index is 12.7. The first-order valence-electron chi connectivity index (χ1n) is 11.5. The van der Waals surface area contributed by atoms with Gasteiger partial charge < -0.3 is 9.64 Å². The van der Waals surface area contributed by atoms with Crippen molar-refractivity contribution in [1.82, 2.24) is 15.8 Å². The highest BCUT2D eigenvalue weighted by Crippen LogP contribution is 2.31. The normalized spacial score (nSPS) is 14.2. The summed E-state index contributed by atoms with van der Waals surface area (Å²) in [6.07, 6.45) is -2.67. The van der Waals surface area contributed by atoms with Crippen LogP contribution in [0.2, 0.25) is 0 Å². The largest absolute Gasteiger partial charge is 0.483 e. The number of para-hydroxylation sites is 1. The van der Waals surface area contributed by atoms with Crippen molar-refractivity contribution >= 4 is 17.6 Å². The average molecular weight is 499 g/mol. The van der Waals surface area contributed by atoms with Crippen LogP contribution >= 0.6 is 0 Å². The quantitative estimate of drug-likeness (QED) is 0.498. The molecule has 0 saturated carbocycles. The van der Waals surface area contributed by atoms with Crippen LogP contribution in [-0.4, -0.2) is 36.5 Å². The number of benzene rings is 2. The predicted octanol–water partition coefficient (Wildman–Crippen LogP) is 4.21. The van der Waals surface area contributed by atoms with E-state index >= 15 is 0 Å². The number of carbonyl (C=O) groups is 2. The first-order chi connectivity index (χ1) is 17.3. The molecule has 1 saturated heterocycles. The molecule has 0 spiro atoms. The summed E-state index contributed by atoms with van der Waals surface area (Å²) in [7, 11) is 0. The lowest BCUT2D eigenvalue weighted by Gasteiger charge is -2.32. The predicted molar refractivity (Wildman–Crippen MR) is 128 cm³/mol. The van der Waals surface area contributed by atoms with Crippen LogP contribution in [0.25, 0.3) is 11.1 Å². The zero-order valence-corrected chi connectivity index (χ0v) is 19.3. The Balaban J connectivity index is 1.22. The lowest BCUT2D eigenvalue weighted by atomic mass is 9.96. The summed E-state index contributed by atoms with van der Waals surface area (Å²) in [4.78, 5) is 30.5. The minimum Gasteiger partial charge on any atom is -0.483 e. The summed E-state index contributed by atoms with van der Waals surface area (Å²) in [6, 6.07) is 19.3. The fourth-order valence-electron chi connectivity index (χ4n) is 3.97. The Labute approximate surface area is 206 Å². The maximum Gasteiger partial charge on any atom is 0.417 e. The van der Waals surface area contributed by atoms with E-state index in [1.54, 1.807) is 6.07 Å². The number of hydrogen-bond acceptors (Lipinski definition) is 5. The van der Waals surface area contributed by atoms with Gasteiger partial charge >= 0.3 is 6.18 Å². The number of halogens is 3. The van der Waals surface area contributed by atoms with Crippen molar-refractivity contribution in [2.75, 3.05) is 24.6 Å². The number of amides is 2. The summed E-state index contributed by atoms with van der Waals surface area (Å²) in [5.41, 5.74) is 5.82. The molecule has 7 nitrogen and oxygen atoms in total. The summed E-state index contributed by atoms with van der Waals surface area (Å²) < 4.78 is 43.8. The summed E-state index contributed by atoms with van der Waals surface area (Å²) in [6.45, 7) is 0.649. The number of hydrazine groups is 1. The second kappa shape index (κ2) is 11.1. The van der Waals surface area contributed by atoms with Crippen LogP contribution in [0.15, 0.2) is 72.9 Å². The van der Waals surface area contributed by atoms with E-state index in [1.165, 1.54) is 6.07 Å². The number of nitrogens with zero attached hydrogens (tertiary/aromatic N) is 2. The standard InChI is InChI=1S/C26H25F3N4O3/c27-26(28,29)20-10-11-23(30-16-20)33-14-12-19(13-15-33)25(35)32-31-24(34)17-36-22-9-5-4-8-21(22)18-6-2-1-3-7-18/h1-11,16,19H,12-15,17H2,(H,31,34)(H,32,35). The zero-order valence-electron chi connectivity index (χ0n) is 19.3. The number of anilines is 1. The monoisotopic (exact) mass is 498 g/mol. The third-order valence-corrected chi connectivity index (χ3v) is 5.92. The highest BCUT2D eigenvalue weighted by atomic mass is 19.4. The van der Waals surface area contributed by atoms with Gasteiger partial charge in [0.2, 0.25) is 5.91 Å². The van der Waals surface area contributed by atoms with Crippen molar-refractivity contribution in [3.05, 3.63) is 78.5 Å². The van der Waals surface area contributed by atoms with Crippen molar-refractivity contribution < 1.29 is 27.5 Å². The molecule has 1 aliphatic heterocycles. The molecule has 2 aromatic carbocycles. The first-order valence-corrected chi connectivity index (χ1v) is 11.5. The number of aromatic nitrogens is 1. The molecule has 2 N–H and O–H groups in total. The number of carbonyl (C=O) groups excluding carboxylic acids is 2. The molecule has 2 amide bonds. The number of nitrogens with one attached hydrogen (secondary N) is 2. The van der Waals surface area contributed by atoms with E-state index in [0.717, 1.165) is 23.4 Å². The summed E-state index contributed by atoms with van der Waals surface area (Å²) in [5, 5.41) is 0. The van der Waals surface area contributed by atoms with Gasteiger partial charge in [0.25, 0.3) is 5.91 Å². The number of piperidine rings is 1. The van der Waals surface area contributed by atoms with E-state index in [1.807, 2.05) is 53.4 Å². The molecule has 10 heteroatoms. The summed E-state index contributed by atoms with van der Waals surface area (Å²) in [5.74, 6) is -0.182. The number of pyridine rings is 1. The molecule has 4 rings (SSSR count). The highest BCUT2D eigenvalue weighted by Gasteiger charge is 2.31. The van der Waals surface area contributed by atoms with Gasteiger partial charge in [0.05, 0.1) is 5.56 Å².